The van der Waals surface area contributed by atoms with Gasteiger partial charge >= 0.3 is 0 Å². The van der Waals surface area contributed by atoms with Crippen LogP contribution in [-0.2, 0) is 4.79 Å². The van der Waals surface area contributed by atoms with E-state index in [-0.39, 0.29) is 28.6 Å². The average molecular weight is 384 g/mol. The monoisotopic (exact) mass is 384 g/mol. The first-order valence-corrected chi connectivity index (χ1v) is 9.07. The Labute approximate surface area is 160 Å². The molecule has 2 amide bonds. The summed E-state index contributed by atoms with van der Waals surface area (Å²) in [5.74, 6) is -0.622. The maximum absolute atomic E-state index is 12.9. The number of anilines is 2. The van der Waals surface area contributed by atoms with Gasteiger partial charge in [-0.3, -0.25) is 9.59 Å². The van der Waals surface area contributed by atoms with E-state index in [1.807, 2.05) is 12.1 Å². The van der Waals surface area contributed by atoms with Gasteiger partial charge in [0.1, 0.15) is 5.82 Å². The average Bonchev–Trinajstić information content (AvgIpc) is 3.20. The number of benzene rings is 2. The third kappa shape index (κ3) is 5.21. The maximum Gasteiger partial charge on any atom is 0.291 e. The number of furan rings is 1. The second kappa shape index (κ2) is 8.55. The molecule has 2 N–H and O–H groups in total. The van der Waals surface area contributed by atoms with E-state index in [4.69, 9.17) is 4.42 Å². The molecule has 0 fully saturated rings. The fraction of sp³-hybridized carbons (Fsp3) is 0.100. The Balaban J connectivity index is 1.54. The molecule has 0 saturated heterocycles. The van der Waals surface area contributed by atoms with Crippen molar-refractivity contribution < 1.29 is 18.4 Å². The van der Waals surface area contributed by atoms with Crippen molar-refractivity contribution in [2.75, 3.05) is 10.6 Å². The number of carbonyl (C=O) groups excluding carboxylic acids is 2. The van der Waals surface area contributed by atoms with E-state index in [1.54, 1.807) is 31.2 Å². The van der Waals surface area contributed by atoms with E-state index >= 15 is 0 Å². The van der Waals surface area contributed by atoms with Gasteiger partial charge in [0.25, 0.3) is 5.91 Å². The Morgan fingerprint density at radius 2 is 1.59 bits per heavy atom. The van der Waals surface area contributed by atoms with Crippen LogP contribution in [0.1, 0.15) is 17.5 Å². The summed E-state index contributed by atoms with van der Waals surface area (Å²) in [5, 5.41) is 5.13. The molecule has 2 aromatic carbocycles. The minimum atomic E-state index is -0.352. The number of hydrogen-bond donors (Lipinski definition) is 2. The van der Waals surface area contributed by atoms with E-state index in [1.165, 1.54) is 42.3 Å². The summed E-state index contributed by atoms with van der Waals surface area (Å²) in [4.78, 5) is 25.1. The quantitative estimate of drug-likeness (QED) is 0.600. The van der Waals surface area contributed by atoms with Gasteiger partial charge in [-0.05, 0) is 67.6 Å². The Hall–Kier alpha value is -3.06. The summed E-state index contributed by atoms with van der Waals surface area (Å²) < 4.78 is 18.0. The Kier molecular flexibility index (Phi) is 5.93. The number of amides is 2. The van der Waals surface area contributed by atoms with Crippen LogP contribution in [0.5, 0.6) is 0 Å². The summed E-state index contributed by atoms with van der Waals surface area (Å²) >= 11 is 1.38. The Morgan fingerprint density at radius 1 is 0.963 bits per heavy atom. The van der Waals surface area contributed by atoms with Crippen molar-refractivity contribution in [3.63, 3.8) is 0 Å². The van der Waals surface area contributed by atoms with Gasteiger partial charge in [0.15, 0.2) is 5.76 Å². The summed E-state index contributed by atoms with van der Waals surface area (Å²) in [6.07, 6.45) is 1.44. The standard InChI is InChI=1S/C20H17FN2O3S/c1-13(19(24)22-15-6-4-14(21)5-7-15)27-17-10-8-16(9-11-17)23-20(25)18-3-2-12-26-18/h2-13H,1H3,(H,22,24)(H,23,25). The topological polar surface area (TPSA) is 71.3 Å². The number of nitrogens with one attached hydrogen (secondary N) is 2. The number of halogens is 1. The van der Waals surface area contributed by atoms with Gasteiger partial charge in [-0.15, -0.1) is 11.8 Å². The van der Waals surface area contributed by atoms with Gasteiger partial charge < -0.3 is 15.1 Å². The number of hydrogen-bond acceptors (Lipinski definition) is 4. The Bertz CT molecular complexity index is 909. The zero-order valence-corrected chi connectivity index (χ0v) is 15.3. The van der Waals surface area contributed by atoms with E-state index in [0.29, 0.717) is 11.4 Å². The summed E-state index contributed by atoms with van der Waals surface area (Å²) in [6, 6.07) is 16.0. The third-order valence-electron chi connectivity index (χ3n) is 3.65. The van der Waals surface area contributed by atoms with E-state index in [9.17, 15) is 14.0 Å². The molecule has 1 unspecified atom stereocenters. The molecular formula is C20H17FN2O3S. The normalized spacial score (nSPS) is 11.6. The van der Waals surface area contributed by atoms with Gasteiger partial charge in [-0.2, -0.15) is 0 Å². The van der Waals surface area contributed by atoms with Crippen LogP contribution in [0.4, 0.5) is 15.8 Å². The smallest absolute Gasteiger partial charge is 0.291 e. The van der Waals surface area contributed by atoms with Crippen LogP contribution in [0.15, 0.2) is 76.2 Å². The van der Waals surface area contributed by atoms with Crippen LogP contribution in [0.2, 0.25) is 0 Å². The molecule has 0 bridgehead atoms. The van der Waals surface area contributed by atoms with E-state index < -0.39 is 0 Å². The van der Waals surface area contributed by atoms with Crippen molar-refractivity contribution >= 4 is 35.0 Å². The minimum absolute atomic E-state index is 0.179. The lowest BCUT2D eigenvalue weighted by atomic mass is 10.3. The zero-order valence-electron chi connectivity index (χ0n) is 14.4. The lowest BCUT2D eigenvalue weighted by Gasteiger charge is -2.12. The molecular weight excluding hydrogens is 367 g/mol. The van der Waals surface area contributed by atoms with Gasteiger partial charge in [-0.25, -0.2) is 4.39 Å². The van der Waals surface area contributed by atoms with Crippen molar-refractivity contribution in [2.45, 2.75) is 17.1 Å². The second-order valence-corrected chi connectivity index (χ2v) is 7.13. The molecule has 1 atom stereocenters. The van der Waals surface area contributed by atoms with Gasteiger partial charge in [0.2, 0.25) is 5.91 Å². The van der Waals surface area contributed by atoms with Crippen molar-refractivity contribution in [2.24, 2.45) is 0 Å². The molecule has 27 heavy (non-hydrogen) atoms. The number of thioether (sulfide) groups is 1. The van der Waals surface area contributed by atoms with Crippen molar-refractivity contribution in [3.05, 3.63) is 78.5 Å². The molecule has 0 aliphatic heterocycles. The van der Waals surface area contributed by atoms with Crippen molar-refractivity contribution in [1.82, 2.24) is 0 Å². The second-order valence-electron chi connectivity index (χ2n) is 5.71. The lowest BCUT2D eigenvalue weighted by molar-refractivity contribution is -0.115. The molecule has 3 aromatic rings. The lowest BCUT2D eigenvalue weighted by Crippen LogP contribution is -2.22. The van der Waals surface area contributed by atoms with Crippen LogP contribution in [0, 0.1) is 5.82 Å². The third-order valence-corrected chi connectivity index (χ3v) is 4.76. The maximum atomic E-state index is 12.9. The summed E-state index contributed by atoms with van der Waals surface area (Å²) in [7, 11) is 0. The van der Waals surface area contributed by atoms with Gasteiger partial charge in [-0.1, -0.05) is 0 Å². The van der Waals surface area contributed by atoms with E-state index in [2.05, 4.69) is 10.6 Å². The van der Waals surface area contributed by atoms with Crippen LogP contribution in [0.3, 0.4) is 0 Å². The van der Waals surface area contributed by atoms with Crippen molar-refractivity contribution in [3.8, 4) is 0 Å². The predicted molar refractivity (Wildman–Crippen MR) is 103 cm³/mol. The fourth-order valence-corrected chi connectivity index (χ4v) is 3.12. The van der Waals surface area contributed by atoms with Crippen LogP contribution in [-0.4, -0.2) is 17.1 Å². The van der Waals surface area contributed by atoms with Gasteiger partial charge in [0.05, 0.1) is 11.5 Å². The summed E-state index contributed by atoms with van der Waals surface area (Å²) in [5.41, 5.74) is 1.18. The van der Waals surface area contributed by atoms with Crippen molar-refractivity contribution in [1.29, 1.82) is 0 Å². The predicted octanol–water partition coefficient (Wildman–Crippen LogP) is 4.79. The molecule has 0 aliphatic rings. The largest absolute Gasteiger partial charge is 0.459 e. The molecule has 0 radical (unpaired) electrons. The highest BCUT2D eigenvalue weighted by Gasteiger charge is 2.15. The molecule has 1 aromatic heterocycles. The molecule has 3 rings (SSSR count). The molecule has 0 spiro atoms. The first-order chi connectivity index (χ1) is 13.0. The first kappa shape index (κ1) is 18.7. The molecule has 1 heterocycles. The van der Waals surface area contributed by atoms with Gasteiger partial charge in [0, 0.05) is 16.3 Å². The SMILES string of the molecule is CC(Sc1ccc(NC(=O)c2ccco2)cc1)C(=O)Nc1ccc(F)cc1. The van der Waals surface area contributed by atoms with Crippen LogP contribution >= 0.6 is 11.8 Å². The molecule has 7 heteroatoms. The van der Waals surface area contributed by atoms with E-state index in [0.717, 1.165) is 4.90 Å². The minimum Gasteiger partial charge on any atom is -0.459 e. The zero-order chi connectivity index (χ0) is 19.2. The van der Waals surface area contributed by atoms with Crippen LogP contribution < -0.4 is 10.6 Å². The Morgan fingerprint density at radius 3 is 2.22 bits per heavy atom. The molecule has 5 nitrogen and oxygen atoms in total. The first-order valence-electron chi connectivity index (χ1n) is 8.19. The fourth-order valence-electron chi connectivity index (χ4n) is 2.25. The molecule has 138 valence electrons. The van der Waals surface area contributed by atoms with Crippen LogP contribution in [0.25, 0.3) is 0 Å². The highest BCUT2D eigenvalue weighted by Crippen LogP contribution is 2.26. The summed E-state index contributed by atoms with van der Waals surface area (Å²) in [6.45, 7) is 1.79. The highest BCUT2D eigenvalue weighted by molar-refractivity contribution is 8.00. The molecule has 0 saturated carbocycles. The number of carbonyl (C=O) groups is 2. The highest BCUT2D eigenvalue weighted by atomic mass is 32.2. The number of rotatable bonds is 6. The molecule has 0 aliphatic carbocycles.